The first-order valence-corrected chi connectivity index (χ1v) is 8.26. The zero-order chi connectivity index (χ0) is 17.1. The Balaban J connectivity index is 1.82. The number of benzene rings is 2. The van der Waals surface area contributed by atoms with Crippen LogP contribution in [0.2, 0.25) is 0 Å². The molecule has 124 valence electrons. The number of nitrogens with one attached hydrogen (secondary N) is 1. The highest BCUT2D eigenvalue weighted by atomic mass is 16.5. The SMILES string of the molecule is CC(C)OCCCNc1cccc2c1C(=O)c1ccccc1C2=O. The zero-order valence-electron chi connectivity index (χ0n) is 14.0. The molecule has 4 nitrogen and oxygen atoms in total. The van der Waals surface area contributed by atoms with Crippen molar-refractivity contribution in [2.45, 2.75) is 26.4 Å². The fourth-order valence-electron chi connectivity index (χ4n) is 2.91. The maximum atomic E-state index is 12.8. The van der Waals surface area contributed by atoms with Crippen LogP contribution in [0.25, 0.3) is 0 Å². The summed E-state index contributed by atoms with van der Waals surface area (Å²) in [6, 6.07) is 12.4. The third kappa shape index (κ3) is 3.10. The lowest BCUT2D eigenvalue weighted by Gasteiger charge is -2.20. The van der Waals surface area contributed by atoms with E-state index in [1.807, 2.05) is 26.0 Å². The van der Waals surface area contributed by atoms with Gasteiger partial charge in [0.05, 0.1) is 11.7 Å². The Bertz CT molecular complexity index is 780. The molecule has 0 saturated carbocycles. The second-order valence-corrected chi connectivity index (χ2v) is 6.13. The van der Waals surface area contributed by atoms with Crippen LogP contribution in [-0.2, 0) is 4.74 Å². The summed E-state index contributed by atoms with van der Waals surface area (Å²) in [5.74, 6) is -0.186. The molecule has 0 saturated heterocycles. The standard InChI is InChI=1S/C20H21NO3/c1-13(2)24-12-6-11-21-17-10-5-9-16-18(17)20(23)15-8-4-3-7-14(15)19(16)22/h3-5,7-10,13,21H,6,11-12H2,1-2H3. The number of carbonyl (C=O) groups is 2. The normalized spacial score (nSPS) is 13.0. The number of fused-ring (bicyclic) bond motifs is 2. The fourth-order valence-corrected chi connectivity index (χ4v) is 2.91. The lowest BCUT2D eigenvalue weighted by Crippen LogP contribution is -2.22. The number of carbonyl (C=O) groups excluding carboxylic acids is 2. The average molecular weight is 323 g/mol. The van der Waals surface area contributed by atoms with Crippen LogP contribution in [0.1, 0.15) is 52.1 Å². The number of ether oxygens (including phenoxy) is 1. The maximum Gasteiger partial charge on any atom is 0.196 e. The van der Waals surface area contributed by atoms with Crippen LogP contribution in [-0.4, -0.2) is 30.8 Å². The van der Waals surface area contributed by atoms with Gasteiger partial charge in [-0.3, -0.25) is 9.59 Å². The molecular formula is C20H21NO3. The third-order valence-electron chi connectivity index (χ3n) is 4.04. The monoisotopic (exact) mass is 323 g/mol. The van der Waals surface area contributed by atoms with Crippen molar-refractivity contribution in [3.05, 3.63) is 64.7 Å². The van der Waals surface area contributed by atoms with E-state index in [-0.39, 0.29) is 17.7 Å². The molecule has 1 aliphatic carbocycles. The lowest BCUT2D eigenvalue weighted by atomic mass is 9.83. The number of hydrogen-bond donors (Lipinski definition) is 1. The van der Waals surface area contributed by atoms with Crippen molar-refractivity contribution in [3.63, 3.8) is 0 Å². The second kappa shape index (κ2) is 6.97. The Morgan fingerprint density at radius 2 is 1.58 bits per heavy atom. The highest BCUT2D eigenvalue weighted by Crippen LogP contribution is 2.31. The van der Waals surface area contributed by atoms with E-state index in [1.54, 1.807) is 30.3 Å². The molecule has 1 N–H and O–H groups in total. The van der Waals surface area contributed by atoms with Gasteiger partial charge in [0.15, 0.2) is 11.6 Å². The Hall–Kier alpha value is -2.46. The molecule has 4 heteroatoms. The highest BCUT2D eigenvalue weighted by Gasteiger charge is 2.31. The number of anilines is 1. The van der Waals surface area contributed by atoms with Crippen LogP contribution in [0, 0.1) is 0 Å². The minimum atomic E-state index is -0.0956. The van der Waals surface area contributed by atoms with Crippen molar-refractivity contribution in [2.75, 3.05) is 18.5 Å². The smallest absolute Gasteiger partial charge is 0.196 e. The van der Waals surface area contributed by atoms with Gasteiger partial charge in [-0.2, -0.15) is 0 Å². The summed E-state index contributed by atoms with van der Waals surface area (Å²) >= 11 is 0. The Kier molecular flexibility index (Phi) is 4.76. The van der Waals surface area contributed by atoms with E-state index in [1.165, 1.54) is 0 Å². The molecule has 2 aromatic carbocycles. The first-order valence-electron chi connectivity index (χ1n) is 8.26. The topological polar surface area (TPSA) is 55.4 Å². The molecular weight excluding hydrogens is 302 g/mol. The van der Waals surface area contributed by atoms with Crippen LogP contribution in [0.5, 0.6) is 0 Å². The van der Waals surface area contributed by atoms with Crippen molar-refractivity contribution >= 4 is 17.3 Å². The van der Waals surface area contributed by atoms with E-state index >= 15 is 0 Å². The molecule has 0 spiro atoms. The summed E-state index contributed by atoms with van der Waals surface area (Å²) in [6.07, 6.45) is 1.05. The summed E-state index contributed by atoms with van der Waals surface area (Å²) < 4.78 is 5.52. The lowest BCUT2D eigenvalue weighted by molar-refractivity contribution is 0.0787. The Labute approximate surface area is 141 Å². The summed E-state index contributed by atoms with van der Waals surface area (Å²) in [5.41, 5.74) is 2.63. The molecule has 0 atom stereocenters. The molecule has 0 fully saturated rings. The molecule has 0 heterocycles. The molecule has 24 heavy (non-hydrogen) atoms. The highest BCUT2D eigenvalue weighted by molar-refractivity contribution is 6.30. The van der Waals surface area contributed by atoms with E-state index in [0.717, 1.165) is 6.42 Å². The van der Waals surface area contributed by atoms with Crippen LogP contribution >= 0.6 is 0 Å². The van der Waals surface area contributed by atoms with E-state index in [9.17, 15) is 9.59 Å². The van der Waals surface area contributed by atoms with Gasteiger partial charge >= 0.3 is 0 Å². The van der Waals surface area contributed by atoms with Gasteiger partial charge in [-0.05, 0) is 26.3 Å². The molecule has 2 aromatic rings. The third-order valence-corrected chi connectivity index (χ3v) is 4.04. The van der Waals surface area contributed by atoms with Crippen molar-refractivity contribution in [1.29, 1.82) is 0 Å². The summed E-state index contributed by atoms with van der Waals surface area (Å²) in [7, 11) is 0. The number of rotatable bonds is 6. The average Bonchev–Trinajstić information content (AvgIpc) is 2.59. The molecule has 1 aliphatic rings. The molecule has 0 bridgehead atoms. The van der Waals surface area contributed by atoms with E-state index in [0.29, 0.717) is 41.1 Å². The minimum absolute atomic E-state index is 0.0907. The molecule has 3 rings (SSSR count). The number of ketones is 2. The van der Waals surface area contributed by atoms with Gasteiger partial charge in [0.2, 0.25) is 0 Å². The van der Waals surface area contributed by atoms with E-state index in [2.05, 4.69) is 5.32 Å². The first-order chi connectivity index (χ1) is 11.6. The first kappa shape index (κ1) is 16.4. The van der Waals surface area contributed by atoms with Crippen molar-refractivity contribution in [3.8, 4) is 0 Å². The fraction of sp³-hybridized carbons (Fsp3) is 0.300. The van der Waals surface area contributed by atoms with Crippen LogP contribution in [0.15, 0.2) is 42.5 Å². The van der Waals surface area contributed by atoms with E-state index < -0.39 is 0 Å². The predicted molar refractivity (Wildman–Crippen MR) is 93.9 cm³/mol. The molecule has 0 unspecified atom stereocenters. The van der Waals surface area contributed by atoms with Gasteiger partial charge in [-0.1, -0.05) is 36.4 Å². The predicted octanol–water partition coefficient (Wildman–Crippen LogP) is 3.69. The Morgan fingerprint density at radius 1 is 0.917 bits per heavy atom. The largest absolute Gasteiger partial charge is 0.384 e. The van der Waals surface area contributed by atoms with Gasteiger partial charge in [0.25, 0.3) is 0 Å². The molecule has 0 amide bonds. The van der Waals surface area contributed by atoms with Crippen LogP contribution in [0.3, 0.4) is 0 Å². The Morgan fingerprint density at radius 3 is 2.29 bits per heavy atom. The summed E-state index contributed by atoms with van der Waals surface area (Å²) in [5, 5.41) is 3.28. The van der Waals surface area contributed by atoms with Crippen LogP contribution < -0.4 is 5.32 Å². The van der Waals surface area contributed by atoms with Gasteiger partial charge in [0.1, 0.15) is 0 Å². The van der Waals surface area contributed by atoms with Crippen molar-refractivity contribution in [2.24, 2.45) is 0 Å². The van der Waals surface area contributed by atoms with Crippen LogP contribution in [0.4, 0.5) is 5.69 Å². The summed E-state index contributed by atoms with van der Waals surface area (Å²) in [4.78, 5) is 25.5. The molecule has 0 aromatic heterocycles. The molecule has 0 radical (unpaired) electrons. The zero-order valence-corrected chi connectivity index (χ0v) is 14.0. The van der Waals surface area contributed by atoms with Gasteiger partial charge in [-0.25, -0.2) is 0 Å². The van der Waals surface area contributed by atoms with Gasteiger partial charge in [0, 0.05) is 35.5 Å². The summed E-state index contributed by atoms with van der Waals surface area (Å²) in [6.45, 7) is 5.35. The van der Waals surface area contributed by atoms with Gasteiger partial charge < -0.3 is 10.1 Å². The second-order valence-electron chi connectivity index (χ2n) is 6.13. The van der Waals surface area contributed by atoms with E-state index in [4.69, 9.17) is 4.74 Å². The minimum Gasteiger partial charge on any atom is -0.384 e. The molecule has 0 aliphatic heterocycles. The maximum absolute atomic E-state index is 12.8. The van der Waals surface area contributed by atoms with Gasteiger partial charge in [-0.15, -0.1) is 0 Å². The number of hydrogen-bond acceptors (Lipinski definition) is 4. The van der Waals surface area contributed by atoms with Crippen molar-refractivity contribution in [1.82, 2.24) is 0 Å². The van der Waals surface area contributed by atoms with Crippen molar-refractivity contribution < 1.29 is 14.3 Å². The quantitative estimate of drug-likeness (QED) is 0.703.